The molecule has 0 unspecified atom stereocenters. The Labute approximate surface area is 186 Å². The van der Waals surface area contributed by atoms with Crippen LogP contribution in [0, 0.1) is 5.82 Å². The highest BCUT2D eigenvalue weighted by Gasteiger charge is 2.37. The third-order valence-corrected chi connectivity index (χ3v) is 5.41. The van der Waals surface area contributed by atoms with E-state index < -0.39 is 24.1 Å². The molecule has 8 heteroatoms. The number of piperidine rings is 1. The predicted molar refractivity (Wildman–Crippen MR) is 116 cm³/mol. The largest absolute Gasteiger partial charge is 0.491 e. The summed E-state index contributed by atoms with van der Waals surface area (Å²) < 4.78 is 33.9. The van der Waals surface area contributed by atoms with Gasteiger partial charge in [0.1, 0.15) is 17.7 Å². The number of halogens is 2. The van der Waals surface area contributed by atoms with Crippen LogP contribution in [0.25, 0.3) is 0 Å². The summed E-state index contributed by atoms with van der Waals surface area (Å²) in [6.45, 7) is 3.83. The second-order valence-electron chi connectivity index (χ2n) is 8.24. The van der Waals surface area contributed by atoms with Crippen molar-refractivity contribution in [3.63, 3.8) is 0 Å². The molecule has 6 nitrogen and oxygen atoms in total. The number of alkyl halides is 1. The minimum atomic E-state index is -1.51. The molecular formula is C24H28F2N2O4. The Morgan fingerprint density at radius 2 is 1.75 bits per heavy atom. The van der Waals surface area contributed by atoms with Crippen LogP contribution in [0.3, 0.4) is 0 Å². The molecule has 172 valence electrons. The van der Waals surface area contributed by atoms with Gasteiger partial charge in [-0.2, -0.15) is 0 Å². The van der Waals surface area contributed by atoms with E-state index in [9.17, 15) is 18.4 Å². The lowest BCUT2D eigenvalue weighted by Crippen LogP contribution is -2.55. The van der Waals surface area contributed by atoms with Gasteiger partial charge in [0.15, 0.2) is 0 Å². The summed E-state index contributed by atoms with van der Waals surface area (Å²) in [6.07, 6.45) is -2.39. The fourth-order valence-electron chi connectivity index (χ4n) is 3.83. The third-order valence-electron chi connectivity index (χ3n) is 5.41. The molecule has 0 spiro atoms. The summed E-state index contributed by atoms with van der Waals surface area (Å²) in [5, 5.41) is 9.16. The molecule has 1 fully saturated rings. The fourth-order valence-corrected chi connectivity index (χ4v) is 3.83. The van der Waals surface area contributed by atoms with E-state index >= 15 is 0 Å². The van der Waals surface area contributed by atoms with Gasteiger partial charge in [0, 0.05) is 13.1 Å². The van der Waals surface area contributed by atoms with Crippen LogP contribution in [0.4, 0.5) is 13.6 Å². The van der Waals surface area contributed by atoms with Crippen molar-refractivity contribution in [2.24, 2.45) is 0 Å². The average molecular weight is 446 g/mol. The lowest BCUT2D eigenvalue weighted by atomic mass is 9.99. The zero-order valence-electron chi connectivity index (χ0n) is 18.2. The van der Waals surface area contributed by atoms with Crippen molar-refractivity contribution in [2.45, 2.75) is 51.6 Å². The molecule has 32 heavy (non-hydrogen) atoms. The molecule has 1 saturated heterocycles. The Morgan fingerprint density at radius 3 is 2.31 bits per heavy atom. The molecule has 0 aliphatic carbocycles. The van der Waals surface area contributed by atoms with Gasteiger partial charge in [-0.25, -0.2) is 13.6 Å². The number of nitrogens with zero attached hydrogens (tertiary/aromatic N) is 2. The van der Waals surface area contributed by atoms with Crippen molar-refractivity contribution in [2.75, 3.05) is 13.1 Å². The molecule has 1 N–H and O–H groups in total. The molecule has 2 atom stereocenters. The number of ether oxygens (including phenoxy) is 1. The minimum Gasteiger partial charge on any atom is -0.491 e. The van der Waals surface area contributed by atoms with Crippen molar-refractivity contribution in [3.8, 4) is 5.75 Å². The van der Waals surface area contributed by atoms with Gasteiger partial charge in [-0.1, -0.05) is 24.3 Å². The number of carbonyl (C=O) groups excluding carboxylic acids is 1. The number of amides is 2. The van der Waals surface area contributed by atoms with Gasteiger partial charge in [-0.15, -0.1) is 0 Å². The lowest BCUT2D eigenvalue weighted by molar-refractivity contribution is -0.136. The van der Waals surface area contributed by atoms with Crippen molar-refractivity contribution in [1.29, 1.82) is 0 Å². The van der Waals surface area contributed by atoms with Crippen LogP contribution >= 0.6 is 0 Å². The topological polar surface area (TPSA) is 70.1 Å². The van der Waals surface area contributed by atoms with Crippen molar-refractivity contribution >= 4 is 12.0 Å². The molecular weight excluding hydrogens is 418 g/mol. The van der Waals surface area contributed by atoms with Crippen LogP contribution in [0.15, 0.2) is 48.5 Å². The smallest absolute Gasteiger partial charge is 0.407 e. The molecule has 0 aromatic heterocycles. The Kier molecular flexibility index (Phi) is 7.66. The summed E-state index contributed by atoms with van der Waals surface area (Å²) in [6, 6.07) is 12.1. The molecule has 0 bridgehead atoms. The molecule has 0 saturated carbocycles. The predicted octanol–water partition coefficient (Wildman–Crippen LogP) is 4.27. The van der Waals surface area contributed by atoms with Crippen LogP contribution in [-0.4, -0.2) is 58.3 Å². The molecule has 3 rings (SSSR count). The zero-order chi connectivity index (χ0) is 23.3. The second kappa shape index (κ2) is 10.4. The van der Waals surface area contributed by atoms with E-state index in [0.29, 0.717) is 11.3 Å². The van der Waals surface area contributed by atoms with E-state index in [4.69, 9.17) is 9.84 Å². The number of likely N-dealkylation sites (tertiary alicyclic amines) is 1. The first-order valence-electron chi connectivity index (χ1n) is 10.6. The second-order valence-corrected chi connectivity index (χ2v) is 8.24. The van der Waals surface area contributed by atoms with E-state index in [-0.39, 0.29) is 44.5 Å². The van der Waals surface area contributed by atoms with Gasteiger partial charge in [0.2, 0.25) is 5.91 Å². The van der Waals surface area contributed by atoms with Crippen molar-refractivity contribution < 1.29 is 28.2 Å². The number of rotatable bonds is 7. The van der Waals surface area contributed by atoms with Gasteiger partial charge in [0.05, 0.1) is 25.1 Å². The number of carbonyl (C=O) groups is 2. The Hall–Kier alpha value is -3.16. The quantitative estimate of drug-likeness (QED) is 0.690. The summed E-state index contributed by atoms with van der Waals surface area (Å²) in [7, 11) is 0. The maximum absolute atomic E-state index is 15.0. The number of hydrogen-bond donors (Lipinski definition) is 1. The van der Waals surface area contributed by atoms with E-state index in [1.807, 2.05) is 13.8 Å². The average Bonchev–Trinajstić information content (AvgIpc) is 2.74. The summed E-state index contributed by atoms with van der Waals surface area (Å²) in [5.41, 5.74) is 1.43. The normalized spacial score (nSPS) is 18.5. The Morgan fingerprint density at radius 1 is 1.12 bits per heavy atom. The molecule has 1 heterocycles. The molecule has 0 radical (unpaired) electrons. The minimum absolute atomic E-state index is 0.0341. The third kappa shape index (κ3) is 6.18. The van der Waals surface area contributed by atoms with E-state index in [2.05, 4.69) is 0 Å². The van der Waals surface area contributed by atoms with Gasteiger partial charge in [-0.05, 0) is 55.7 Å². The number of benzene rings is 2. The maximum Gasteiger partial charge on any atom is 0.407 e. The standard InChI is InChI=1S/C24H28F2N2O4/c1-16(2)32-20-9-5-17(6-10-20)13-23(29)28(14-18-3-7-19(25)8-4-18)22-11-12-27(24(30)31)15-21(22)26/h3-10,16,21-22H,11-15H2,1-2H3,(H,30,31)/t21-,22+/m1/s1. The van der Waals surface area contributed by atoms with E-state index in [1.165, 1.54) is 17.0 Å². The summed E-state index contributed by atoms with van der Waals surface area (Å²) in [4.78, 5) is 26.9. The van der Waals surface area contributed by atoms with Crippen LogP contribution in [0.2, 0.25) is 0 Å². The van der Waals surface area contributed by atoms with E-state index in [0.717, 1.165) is 10.5 Å². The van der Waals surface area contributed by atoms with Crippen LogP contribution in [0.5, 0.6) is 5.75 Å². The summed E-state index contributed by atoms with van der Waals surface area (Å²) >= 11 is 0. The Bertz CT molecular complexity index is 919. The highest BCUT2D eigenvalue weighted by Crippen LogP contribution is 2.24. The van der Waals surface area contributed by atoms with Crippen molar-refractivity contribution in [3.05, 3.63) is 65.5 Å². The molecule has 2 aromatic carbocycles. The highest BCUT2D eigenvalue weighted by atomic mass is 19.1. The number of carboxylic acid groups (broad SMARTS) is 1. The van der Waals surface area contributed by atoms with Gasteiger partial charge in [0.25, 0.3) is 0 Å². The first kappa shape index (κ1) is 23.5. The van der Waals surface area contributed by atoms with Crippen LogP contribution in [-0.2, 0) is 17.8 Å². The first-order valence-corrected chi connectivity index (χ1v) is 10.6. The summed E-state index contributed by atoms with van der Waals surface area (Å²) in [5.74, 6) is 0.0287. The van der Waals surface area contributed by atoms with Gasteiger partial charge < -0.3 is 19.6 Å². The van der Waals surface area contributed by atoms with Crippen molar-refractivity contribution in [1.82, 2.24) is 9.80 Å². The SMILES string of the molecule is CC(C)Oc1ccc(CC(=O)N(Cc2ccc(F)cc2)[C@H]2CCN(C(=O)O)C[C@H]2F)cc1. The van der Waals surface area contributed by atoms with Gasteiger partial charge >= 0.3 is 6.09 Å². The zero-order valence-corrected chi connectivity index (χ0v) is 18.2. The molecule has 2 amide bonds. The molecule has 1 aliphatic rings. The highest BCUT2D eigenvalue weighted by molar-refractivity contribution is 5.79. The van der Waals surface area contributed by atoms with E-state index in [1.54, 1.807) is 36.4 Å². The monoisotopic (exact) mass is 446 g/mol. The lowest BCUT2D eigenvalue weighted by Gasteiger charge is -2.40. The Balaban J connectivity index is 1.77. The van der Waals surface area contributed by atoms with Crippen LogP contribution < -0.4 is 4.74 Å². The number of hydrogen-bond acceptors (Lipinski definition) is 3. The molecule has 1 aliphatic heterocycles. The van der Waals surface area contributed by atoms with Crippen LogP contribution in [0.1, 0.15) is 31.4 Å². The first-order chi connectivity index (χ1) is 15.2. The maximum atomic E-state index is 15.0. The van der Waals surface area contributed by atoms with Gasteiger partial charge in [-0.3, -0.25) is 4.79 Å². The fraction of sp³-hybridized carbons (Fsp3) is 0.417. The molecule has 2 aromatic rings.